The molecule has 4 heterocycles. The van der Waals surface area contributed by atoms with E-state index < -0.39 is 12.1 Å². The molecule has 32 heavy (non-hydrogen) atoms. The molecule has 1 unspecified atom stereocenters. The van der Waals surface area contributed by atoms with Crippen molar-refractivity contribution < 1.29 is 18.0 Å². The Morgan fingerprint density at radius 3 is 2.88 bits per heavy atom. The van der Waals surface area contributed by atoms with E-state index in [0.717, 1.165) is 5.56 Å². The van der Waals surface area contributed by atoms with Crippen LogP contribution in [0.15, 0.2) is 48.8 Å². The average Bonchev–Trinajstić information content (AvgIpc) is 3.38. The van der Waals surface area contributed by atoms with Gasteiger partial charge < -0.3 is 5.32 Å². The van der Waals surface area contributed by atoms with E-state index >= 15 is 0 Å². The molecule has 3 aromatic heterocycles. The summed E-state index contributed by atoms with van der Waals surface area (Å²) in [5.41, 5.74) is 3.07. The van der Waals surface area contributed by atoms with Crippen LogP contribution in [-0.4, -0.2) is 36.2 Å². The predicted octanol–water partition coefficient (Wildman–Crippen LogP) is 4.28. The van der Waals surface area contributed by atoms with Gasteiger partial charge in [0.15, 0.2) is 5.82 Å². The highest BCUT2D eigenvalue weighted by Crippen LogP contribution is 2.34. The minimum absolute atomic E-state index is 0.0101. The average molecular weight is 440 g/mol. The number of halogens is 3. The summed E-state index contributed by atoms with van der Waals surface area (Å²) in [6.07, 6.45) is -0.750. The number of imidazole rings is 1. The summed E-state index contributed by atoms with van der Waals surface area (Å²) < 4.78 is 42.3. The second kappa shape index (κ2) is 7.47. The third kappa shape index (κ3) is 3.61. The standard InChI is InChI=1S/C22H19F3N6O/c1-13-5-6-14(20-28-19-8-7-15(22(23,24)25)12-31(19)29-20)10-16(13)27-21(32)17-11-26-18-4-2-3-9-30(17)18/h2-6,9-11,15H,7-8,12H2,1H3,(H,27,32). The van der Waals surface area contributed by atoms with E-state index in [0.29, 0.717) is 34.2 Å². The summed E-state index contributed by atoms with van der Waals surface area (Å²) in [5, 5.41) is 7.20. The smallest absolute Gasteiger partial charge is 0.320 e. The molecule has 1 aliphatic rings. The van der Waals surface area contributed by atoms with Crippen molar-refractivity contribution in [1.82, 2.24) is 24.1 Å². The molecular weight excluding hydrogens is 421 g/mol. The number of aryl methyl sites for hydroxylation is 2. The molecule has 164 valence electrons. The van der Waals surface area contributed by atoms with Crippen molar-refractivity contribution >= 4 is 17.2 Å². The van der Waals surface area contributed by atoms with Gasteiger partial charge in [0.05, 0.1) is 18.7 Å². The Hall–Kier alpha value is -3.69. The van der Waals surface area contributed by atoms with E-state index in [2.05, 4.69) is 20.4 Å². The molecule has 0 saturated carbocycles. The van der Waals surface area contributed by atoms with Crippen LogP contribution in [0, 0.1) is 12.8 Å². The number of nitrogens with one attached hydrogen (secondary N) is 1. The molecule has 5 rings (SSSR count). The van der Waals surface area contributed by atoms with Crippen LogP contribution in [0.25, 0.3) is 17.0 Å². The second-order valence-corrected chi connectivity index (χ2v) is 7.87. The number of nitrogens with zero attached hydrogens (tertiary/aromatic N) is 5. The van der Waals surface area contributed by atoms with Crippen LogP contribution in [0.1, 0.15) is 28.3 Å². The topological polar surface area (TPSA) is 77.1 Å². The quantitative estimate of drug-likeness (QED) is 0.516. The Labute approximate surface area is 180 Å². The van der Waals surface area contributed by atoms with Crippen LogP contribution in [0.4, 0.5) is 18.9 Å². The maximum absolute atomic E-state index is 13.1. The monoisotopic (exact) mass is 440 g/mol. The molecule has 1 amide bonds. The van der Waals surface area contributed by atoms with Gasteiger partial charge in [0.1, 0.15) is 17.2 Å². The first kappa shape index (κ1) is 20.2. The van der Waals surface area contributed by atoms with Crippen LogP contribution >= 0.6 is 0 Å². The van der Waals surface area contributed by atoms with Gasteiger partial charge >= 0.3 is 6.18 Å². The van der Waals surface area contributed by atoms with Crippen molar-refractivity contribution in [1.29, 1.82) is 0 Å². The SMILES string of the molecule is Cc1ccc(-c2nc3n(n2)CC(C(F)(F)F)CC3)cc1NC(=O)c1cnc2ccccn12. The van der Waals surface area contributed by atoms with Crippen LogP contribution in [0.5, 0.6) is 0 Å². The van der Waals surface area contributed by atoms with Gasteiger partial charge in [-0.3, -0.25) is 9.20 Å². The summed E-state index contributed by atoms with van der Waals surface area (Å²) in [5.74, 6) is -0.859. The number of pyridine rings is 1. The van der Waals surface area contributed by atoms with Crippen molar-refractivity contribution in [3.05, 3.63) is 65.9 Å². The fraction of sp³-hybridized carbons (Fsp3) is 0.273. The lowest BCUT2D eigenvalue weighted by molar-refractivity contribution is -0.182. The largest absolute Gasteiger partial charge is 0.393 e. The highest BCUT2D eigenvalue weighted by molar-refractivity contribution is 6.04. The van der Waals surface area contributed by atoms with E-state index in [1.807, 2.05) is 25.1 Å². The molecule has 1 N–H and O–H groups in total. The number of amides is 1. The minimum atomic E-state index is -4.25. The van der Waals surface area contributed by atoms with E-state index in [-0.39, 0.29) is 25.3 Å². The Morgan fingerprint density at radius 1 is 1.22 bits per heavy atom. The first-order chi connectivity index (χ1) is 15.3. The summed E-state index contributed by atoms with van der Waals surface area (Å²) >= 11 is 0. The summed E-state index contributed by atoms with van der Waals surface area (Å²) in [6.45, 7) is 1.63. The van der Waals surface area contributed by atoms with Gasteiger partial charge in [0, 0.05) is 23.9 Å². The molecule has 4 aromatic rings. The molecule has 0 radical (unpaired) electrons. The number of hydrogen-bond acceptors (Lipinski definition) is 4. The van der Waals surface area contributed by atoms with Gasteiger partial charge in [-0.1, -0.05) is 18.2 Å². The van der Waals surface area contributed by atoms with Crippen LogP contribution in [-0.2, 0) is 13.0 Å². The molecule has 0 aliphatic carbocycles. The molecule has 0 bridgehead atoms. The molecule has 0 saturated heterocycles. The third-order valence-electron chi connectivity index (χ3n) is 5.71. The first-order valence-corrected chi connectivity index (χ1v) is 10.1. The Morgan fingerprint density at radius 2 is 2.06 bits per heavy atom. The molecule has 1 aliphatic heterocycles. The highest BCUT2D eigenvalue weighted by atomic mass is 19.4. The molecule has 7 nitrogen and oxygen atoms in total. The van der Waals surface area contributed by atoms with Crippen molar-refractivity contribution in [2.45, 2.75) is 32.5 Å². The number of anilines is 1. The third-order valence-corrected chi connectivity index (χ3v) is 5.71. The second-order valence-electron chi connectivity index (χ2n) is 7.87. The molecule has 0 spiro atoms. The minimum Gasteiger partial charge on any atom is -0.320 e. The summed E-state index contributed by atoms with van der Waals surface area (Å²) in [7, 11) is 0. The maximum Gasteiger partial charge on any atom is 0.393 e. The van der Waals surface area contributed by atoms with Gasteiger partial charge in [0.2, 0.25) is 0 Å². The van der Waals surface area contributed by atoms with Crippen LogP contribution in [0.3, 0.4) is 0 Å². The van der Waals surface area contributed by atoms with Crippen LogP contribution < -0.4 is 5.32 Å². The summed E-state index contributed by atoms with van der Waals surface area (Å²) in [4.78, 5) is 21.5. The number of carbonyl (C=O) groups excluding carboxylic acids is 1. The molecule has 10 heteroatoms. The molecule has 1 atom stereocenters. The lowest BCUT2D eigenvalue weighted by atomic mass is 9.99. The lowest BCUT2D eigenvalue weighted by Gasteiger charge is -2.24. The fourth-order valence-corrected chi connectivity index (χ4v) is 3.88. The van der Waals surface area contributed by atoms with E-state index in [1.54, 1.807) is 28.8 Å². The Balaban J connectivity index is 1.41. The van der Waals surface area contributed by atoms with Crippen molar-refractivity contribution in [2.24, 2.45) is 5.92 Å². The van der Waals surface area contributed by atoms with Crippen molar-refractivity contribution in [3.8, 4) is 11.4 Å². The van der Waals surface area contributed by atoms with Crippen molar-refractivity contribution in [3.63, 3.8) is 0 Å². The zero-order chi connectivity index (χ0) is 22.5. The van der Waals surface area contributed by atoms with Gasteiger partial charge in [0.25, 0.3) is 5.91 Å². The van der Waals surface area contributed by atoms with E-state index in [4.69, 9.17) is 0 Å². The predicted molar refractivity (Wildman–Crippen MR) is 111 cm³/mol. The number of alkyl halides is 3. The van der Waals surface area contributed by atoms with Crippen molar-refractivity contribution in [2.75, 3.05) is 5.32 Å². The van der Waals surface area contributed by atoms with E-state index in [9.17, 15) is 18.0 Å². The zero-order valence-electron chi connectivity index (χ0n) is 17.1. The van der Waals surface area contributed by atoms with Gasteiger partial charge in [-0.05, 0) is 37.1 Å². The number of hydrogen-bond donors (Lipinski definition) is 1. The Kier molecular flexibility index (Phi) is 4.72. The maximum atomic E-state index is 13.1. The number of fused-ring (bicyclic) bond motifs is 2. The highest BCUT2D eigenvalue weighted by Gasteiger charge is 2.42. The number of aromatic nitrogens is 5. The van der Waals surface area contributed by atoms with Gasteiger partial charge in [-0.2, -0.15) is 18.3 Å². The summed E-state index contributed by atoms with van der Waals surface area (Å²) in [6, 6.07) is 10.8. The van der Waals surface area contributed by atoms with E-state index in [1.165, 1.54) is 10.9 Å². The lowest BCUT2D eigenvalue weighted by Crippen LogP contribution is -2.32. The first-order valence-electron chi connectivity index (χ1n) is 10.1. The number of carbonyl (C=O) groups is 1. The molecule has 0 fully saturated rings. The number of rotatable bonds is 3. The Bertz CT molecular complexity index is 1320. The van der Waals surface area contributed by atoms with Gasteiger partial charge in [-0.25, -0.2) is 14.6 Å². The fourth-order valence-electron chi connectivity index (χ4n) is 3.88. The van der Waals surface area contributed by atoms with Crippen LogP contribution in [0.2, 0.25) is 0 Å². The van der Waals surface area contributed by atoms with Gasteiger partial charge in [-0.15, -0.1) is 0 Å². The normalized spacial score (nSPS) is 16.2. The molecular formula is C22H19F3N6O. The zero-order valence-corrected chi connectivity index (χ0v) is 17.1. The molecule has 1 aromatic carbocycles. The number of benzene rings is 1.